The summed E-state index contributed by atoms with van der Waals surface area (Å²) in [5.74, 6) is -0.164. The van der Waals surface area contributed by atoms with Gasteiger partial charge in [0.25, 0.3) is 0 Å². The summed E-state index contributed by atoms with van der Waals surface area (Å²) < 4.78 is 26.4. The lowest BCUT2D eigenvalue weighted by atomic mass is 9.74. The molecule has 0 amide bonds. The van der Waals surface area contributed by atoms with E-state index in [1.807, 2.05) is 0 Å². The van der Waals surface area contributed by atoms with E-state index >= 15 is 0 Å². The zero-order valence-corrected chi connectivity index (χ0v) is 13.2. The van der Waals surface area contributed by atoms with Gasteiger partial charge in [0.1, 0.15) is 0 Å². The molecule has 0 aromatic heterocycles. The second-order valence-electron chi connectivity index (χ2n) is 6.34. The van der Waals surface area contributed by atoms with Crippen LogP contribution in [0.25, 0.3) is 0 Å². The molecule has 0 radical (unpaired) electrons. The van der Waals surface area contributed by atoms with Crippen LogP contribution in [0.15, 0.2) is 18.2 Å². The van der Waals surface area contributed by atoms with E-state index < -0.39 is 11.6 Å². The Balaban J connectivity index is 2.05. The molecular formula is C18H27F2N. The third kappa shape index (κ3) is 4.50. The van der Waals surface area contributed by atoms with Gasteiger partial charge in [0.2, 0.25) is 0 Å². The van der Waals surface area contributed by atoms with Crippen LogP contribution in [0, 0.1) is 23.5 Å². The maximum Gasteiger partial charge on any atom is 0.159 e. The van der Waals surface area contributed by atoms with Crippen LogP contribution in [-0.2, 0) is 6.42 Å². The molecular weight excluding hydrogens is 268 g/mol. The second kappa shape index (κ2) is 7.88. The second-order valence-corrected chi connectivity index (χ2v) is 6.34. The molecule has 1 fully saturated rings. The Morgan fingerprint density at radius 2 is 1.95 bits per heavy atom. The van der Waals surface area contributed by atoms with Crippen molar-refractivity contribution >= 4 is 0 Å². The fourth-order valence-electron chi connectivity index (χ4n) is 3.76. The molecule has 0 aliphatic heterocycles. The van der Waals surface area contributed by atoms with Crippen molar-refractivity contribution in [1.29, 1.82) is 0 Å². The van der Waals surface area contributed by atoms with Gasteiger partial charge in [0, 0.05) is 6.04 Å². The van der Waals surface area contributed by atoms with Crippen LogP contribution in [-0.4, -0.2) is 12.6 Å². The molecule has 1 aliphatic rings. The summed E-state index contributed by atoms with van der Waals surface area (Å²) in [6.45, 7) is 5.34. The van der Waals surface area contributed by atoms with Gasteiger partial charge in [-0.3, -0.25) is 0 Å². The third-order valence-electron chi connectivity index (χ3n) is 4.74. The molecule has 3 atom stereocenters. The van der Waals surface area contributed by atoms with Gasteiger partial charge in [-0.1, -0.05) is 32.8 Å². The molecule has 1 N–H and O–H groups in total. The first-order valence-corrected chi connectivity index (χ1v) is 8.31. The van der Waals surface area contributed by atoms with Crippen molar-refractivity contribution in [1.82, 2.24) is 5.32 Å². The number of nitrogens with one attached hydrogen (secondary N) is 1. The minimum atomic E-state index is -0.755. The minimum Gasteiger partial charge on any atom is -0.314 e. The number of hydrogen-bond acceptors (Lipinski definition) is 1. The Morgan fingerprint density at radius 3 is 2.62 bits per heavy atom. The Bertz CT molecular complexity index is 447. The highest BCUT2D eigenvalue weighted by Gasteiger charge is 2.29. The summed E-state index contributed by atoms with van der Waals surface area (Å²) in [6, 6.07) is 4.85. The Morgan fingerprint density at radius 1 is 1.14 bits per heavy atom. The third-order valence-corrected chi connectivity index (χ3v) is 4.74. The van der Waals surface area contributed by atoms with E-state index in [-0.39, 0.29) is 0 Å². The van der Waals surface area contributed by atoms with Crippen molar-refractivity contribution in [2.45, 2.75) is 58.4 Å². The SMILES string of the molecule is CCCC1CCC(NCC)C(Cc2ccc(F)c(F)c2)C1. The van der Waals surface area contributed by atoms with E-state index in [4.69, 9.17) is 0 Å². The molecule has 1 aromatic carbocycles. The highest BCUT2D eigenvalue weighted by atomic mass is 19.2. The zero-order valence-electron chi connectivity index (χ0n) is 13.2. The molecule has 0 heterocycles. The Hall–Kier alpha value is -0.960. The lowest BCUT2D eigenvalue weighted by Crippen LogP contribution is -2.41. The molecule has 3 heteroatoms. The molecule has 1 aromatic rings. The molecule has 118 valence electrons. The molecule has 2 rings (SSSR count). The van der Waals surface area contributed by atoms with Gasteiger partial charge < -0.3 is 5.32 Å². The lowest BCUT2D eigenvalue weighted by Gasteiger charge is -2.37. The predicted octanol–water partition coefficient (Wildman–Crippen LogP) is 4.70. The number of benzene rings is 1. The van der Waals surface area contributed by atoms with Crippen molar-refractivity contribution in [2.75, 3.05) is 6.54 Å². The van der Waals surface area contributed by atoms with Gasteiger partial charge >= 0.3 is 0 Å². The largest absolute Gasteiger partial charge is 0.314 e. The first kappa shape index (κ1) is 16.4. The maximum atomic E-state index is 13.4. The average molecular weight is 295 g/mol. The summed E-state index contributed by atoms with van der Waals surface area (Å²) in [4.78, 5) is 0. The van der Waals surface area contributed by atoms with E-state index in [0.29, 0.717) is 12.0 Å². The normalized spacial score (nSPS) is 26.0. The summed E-state index contributed by atoms with van der Waals surface area (Å²) in [5.41, 5.74) is 0.916. The molecule has 1 saturated carbocycles. The van der Waals surface area contributed by atoms with Gasteiger partial charge in [-0.25, -0.2) is 8.78 Å². The summed E-state index contributed by atoms with van der Waals surface area (Å²) >= 11 is 0. The number of rotatable bonds is 6. The van der Waals surface area contributed by atoms with Crippen LogP contribution in [0.3, 0.4) is 0 Å². The first-order chi connectivity index (χ1) is 10.1. The fourth-order valence-corrected chi connectivity index (χ4v) is 3.76. The van der Waals surface area contributed by atoms with Gasteiger partial charge in [0.15, 0.2) is 11.6 Å². The van der Waals surface area contributed by atoms with Gasteiger partial charge in [-0.2, -0.15) is 0 Å². The van der Waals surface area contributed by atoms with E-state index in [9.17, 15) is 8.78 Å². The van der Waals surface area contributed by atoms with Crippen LogP contribution < -0.4 is 5.32 Å². The summed E-state index contributed by atoms with van der Waals surface area (Å²) in [7, 11) is 0. The Labute approximate surface area is 127 Å². The molecule has 0 bridgehead atoms. The average Bonchev–Trinajstić information content (AvgIpc) is 2.46. The topological polar surface area (TPSA) is 12.0 Å². The predicted molar refractivity (Wildman–Crippen MR) is 83.3 cm³/mol. The molecule has 1 aliphatic carbocycles. The number of hydrogen-bond donors (Lipinski definition) is 1. The van der Waals surface area contributed by atoms with E-state index in [1.54, 1.807) is 6.07 Å². The smallest absolute Gasteiger partial charge is 0.159 e. The maximum absolute atomic E-state index is 13.4. The molecule has 3 unspecified atom stereocenters. The molecule has 1 nitrogen and oxygen atoms in total. The lowest BCUT2D eigenvalue weighted by molar-refractivity contribution is 0.195. The van der Waals surface area contributed by atoms with Gasteiger partial charge in [0.05, 0.1) is 0 Å². The van der Waals surface area contributed by atoms with Crippen LogP contribution in [0.1, 0.15) is 51.5 Å². The van der Waals surface area contributed by atoms with Crippen LogP contribution in [0.2, 0.25) is 0 Å². The van der Waals surface area contributed by atoms with Gasteiger partial charge in [-0.15, -0.1) is 0 Å². The van der Waals surface area contributed by atoms with Crippen molar-refractivity contribution in [3.63, 3.8) is 0 Å². The van der Waals surface area contributed by atoms with Crippen LogP contribution >= 0.6 is 0 Å². The number of halogens is 2. The van der Waals surface area contributed by atoms with E-state index in [1.165, 1.54) is 44.2 Å². The van der Waals surface area contributed by atoms with E-state index in [0.717, 1.165) is 24.4 Å². The first-order valence-electron chi connectivity index (χ1n) is 8.31. The highest BCUT2D eigenvalue weighted by Crippen LogP contribution is 2.34. The van der Waals surface area contributed by atoms with Crippen LogP contribution in [0.4, 0.5) is 8.78 Å². The molecule has 21 heavy (non-hydrogen) atoms. The van der Waals surface area contributed by atoms with Crippen LogP contribution in [0.5, 0.6) is 0 Å². The monoisotopic (exact) mass is 295 g/mol. The van der Waals surface area contributed by atoms with Crippen molar-refractivity contribution < 1.29 is 8.78 Å². The summed E-state index contributed by atoms with van der Waals surface area (Å²) in [5, 5.41) is 3.58. The quantitative estimate of drug-likeness (QED) is 0.802. The van der Waals surface area contributed by atoms with Crippen molar-refractivity contribution in [3.8, 4) is 0 Å². The van der Waals surface area contributed by atoms with Gasteiger partial charge in [-0.05, 0) is 61.8 Å². The van der Waals surface area contributed by atoms with Crippen molar-refractivity contribution in [2.24, 2.45) is 11.8 Å². The fraction of sp³-hybridized carbons (Fsp3) is 0.667. The summed E-state index contributed by atoms with van der Waals surface area (Å²) in [6.07, 6.45) is 7.05. The Kier molecular flexibility index (Phi) is 6.16. The molecule has 0 spiro atoms. The standard InChI is InChI=1S/C18H27F2N/c1-3-5-13-7-9-18(21-4-2)15(10-13)11-14-6-8-16(19)17(20)12-14/h6,8,12-13,15,18,21H,3-5,7,9-11H2,1-2H3. The minimum absolute atomic E-state index is 0.510. The van der Waals surface area contributed by atoms with Crippen molar-refractivity contribution in [3.05, 3.63) is 35.4 Å². The zero-order chi connectivity index (χ0) is 15.2. The molecule has 0 saturated heterocycles. The van der Waals surface area contributed by atoms with E-state index in [2.05, 4.69) is 19.2 Å². The highest BCUT2D eigenvalue weighted by molar-refractivity contribution is 5.18.